The number of ketones is 1. The van der Waals surface area contributed by atoms with Crippen molar-refractivity contribution >= 4 is 17.7 Å². The lowest BCUT2D eigenvalue weighted by Gasteiger charge is -2.44. The van der Waals surface area contributed by atoms with Crippen LogP contribution in [0, 0.1) is 0 Å². The molecule has 1 heterocycles. The van der Waals surface area contributed by atoms with Gasteiger partial charge in [0.15, 0.2) is 18.5 Å². The molecule has 0 radical (unpaired) electrons. The zero-order chi connectivity index (χ0) is 22.1. The summed E-state index contributed by atoms with van der Waals surface area (Å²) in [6, 6.07) is 9.31. The summed E-state index contributed by atoms with van der Waals surface area (Å²) in [5.74, 6) is -1.45. The Bertz CT molecular complexity index is 706. The van der Waals surface area contributed by atoms with Crippen molar-refractivity contribution in [2.24, 2.45) is 0 Å². The van der Waals surface area contributed by atoms with Crippen molar-refractivity contribution in [1.29, 1.82) is 0 Å². The quantitative estimate of drug-likeness (QED) is 0.552. The Hall–Kier alpha value is -2.33. The first-order valence-corrected chi connectivity index (χ1v) is 9.66. The largest absolute Gasteiger partial charge is 0.455 e. The predicted molar refractivity (Wildman–Crippen MR) is 103 cm³/mol. The third-order valence-electron chi connectivity index (χ3n) is 4.54. The molecule has 1 aromatic carbocycles. The minimum atomic E-state index is -1.13. The molecule has 0 saturated carbocycles. The summed E-state index contributed by atoms with van der Waals surface area (Å²) in [6.07, 6.45) is -5.23. The number of carbonyl (C=O) groups excluding carboxylic acids is 3. The molecule has 9 nitrogen and oxygen atoms in total. The monoisotopic (exact) mass is 424 g/mol. The van der Waals surface area contributed by atoms with E-state index in [0.29, 0.717) is 0 Å². The van der Waals surface area contributed by atoms with Crippen LogP contribution in [0.15, 0.2) is 30.3 Å². The van der Waals surface area contributed by atoms with Gasteiger partial charge in [-0.1, -0.05) is 30.3 Å². The average Bonchev–Trinajstić information content (AvgIpc) is 2.72. The van der Waals surface area contributed by atoms with E-state index in [4.69, 9.17) is 23.7 Å². The maximum absolute atomic E-state index is 12.2. The summed E-state index contributed by atoms with van der Waals surface area (Å²) in [4.78, 5) is 35.1. The molecule has 5 atom stereocenters. The molecular formula is C21H28O9. The SMILES string of the molecule is CO[C@H]1O[C@H](CO)[C@@H](OC(=O)CCC(C)=O)[C@H](OC(C)=O)[C@H]1OCc1ccccc1. The molecule has 0 aromatic heterocycles. The number of ether oxygens (including phenoxy) is 5. The van der Waals surface area contributed by atoms with E-state index in [1.54, 1.807) is 0 Å². The zero-order valence-corrected chi connectivity index (χ0v) is 17.3. The highest BCUT2D eigenvalue weighted by atomic mass is 16.7. The second-order valence-corrected chi connectivity index (χ2v) is 6.95. The normalized spacial score (nSPS) is 26.1. The highest BCUT2D eigenvalue weighted by molar-refractivity contribution is 5.81. The van der Waals surface area contributed by atoms with Gasteiger partial charge in [0.1, 0.15) is 18.0 Å². The molecule has 1 N–H and O–H groups in total. The minimum Gasteiger partial charge on any atom is -0.455 e. The van der Waals surface area contributed by atoms with E-state index in [0.717, 1.165) is 5.56 Å². The number of aliphatic hydroxyl groups is 1. The molecule has 1 aliphatic heterocycles. The number of benzene rings is 1. The molecule has 30 heavy (non-hydrogen) atoms. The van der Waals surface area contributed by atoms with Crippen LogP contribution in [0.4, 0.5) is 0 Å². The number of rotatable bonds is 10. The first kappa shape index (κ1) is 23.9. The molecule has 0 aliphatic carbocycles. The first-order chi connectivity index (χ1) is 14.3. The van der Waals surface area contributed by atoms with Crippen molar-refractivity contribution in [3.05, 3.63) is 35.9 Å². The molecule has 2 rings (SSSR count). The number of aliphatic hydroxyl groups excluding tert-OH is 1. The molecule has 0 bridgehead atoms. The first-order valence-electron chi connectivity index (χ1n) is 9.66. The third kappa shape index (κ3) is 6.88. The highest BCUT2D eigenvalue weighted by Crippen LogP contribution is 2.29. The van der Waals surface area contributed by atoms with Crippen LogP contribution >= 0.6 is 0 Å². The Labute approximate surface area is 175 Å². The molecule has 166 valence electrons. The van der Waals surface area contributed by atoms with Gasteiger partial charge in [-0.25, -0.2) is 0 Å². The Morgan fingerprint density at radius 3 is 2.27 bits per heavy atom. The van der Waals surface area contributed by atoms with Crippen molar-refractivity contribution < 1.29 is 43.2 Å². The Morgan fingerprint density at radius 1 is 1.00 bits per heavy atom. The van der Waals surface area contributed by atoms with Gasteiger partial charge in [-0.05, 0) is 12.5 Å². The van der Waals surface area contributed by atoms with Crippen LogP contribution in [0.2, 0.25) is 0 Å². The molecule has 1 aromatic rings. The lowest BCUT2D eigenvalue weighted by molar-refractivity contribution is -0.309. The number of esters is 2. The molecule has 0 amide bonds. The van der Waals surface area contributed by atoms with Crippen LogP contribution in [-0.4, -0.2) is 67.3 Å². The van der Waals surface area contributed by atoms with Crippen molar-refractivity contribution in [2.45, 2.75) is 64.0 Å². The molecule has 1 fully saturated rings. The van der Waals surface area contributed by atoms with Crippen molar-refractivity contribution in [2.75, 3.05) is 13.7 Å². The van der Waals surface area contributed by atoms with Gasteiger partial charge in [-0.2, -0.15) is 0 Å². The van der Waals surface area contributed by atoms with E-state index < -0.39 is 49.3 Å². The standard InChI is InChI=1S/C21H28O9/c1-13(23)9-10-17(25)30-18-16(11-22)29-21(26-3)20(19(18)28-14(2)24)27-12-15-7-5-4-6-8-15/h4-8,16,18-22H,9-12H2,1-3H3/t16-,18-,19+,20-,21+/m1/s1. The highest BCUT2D eigenvalue weighted by Gasteiger charge is 2.51. The predicted octanol–water partition coefficient (Wildman–Crippen LogP) is 1.15. The van der Waals surface area contributed by atoms with Gasteiger partial charge in [0.25, 0.3) is 0 Å². The van der Waals surface area contributed by atoms with Crippen molar-refractivity contribution in [3.8, 4) is 0 Å². The van der Waals surface area contributed by atoms with Crippen molar-refractivity contribution in [1.82, 2.24) is 0 Å². The van der Waals surface area contributed by atoms with Gasteiger partial charge in [-0.3, -0.25) is 9.59 Å². The molecule has 0 unspecified atom stereocenters. The van der Waals surface area contributed by atoms with Gasteiger partial charge in [0.2, 0.25) is 0 Å². The summed E-state index contributed by atoms with van der Waals surface area (Å²) < 4.78 is 27.8. The van der Waals surface area contributed by atoms with E-state index in [9.17, 15) is 19.5 Å². The summed E-state index contributed by atoms with van der Waals surface area (Å²) >= 11 is 0. The van der Waals surface area contributed by atoms with Crippen LogP contribution in [0.5, 0.6) is 0 Å². The fourth-order valence-electron chi connectivity index (χ4n) is 3.11. The van der Waals surface area contributed by atoms with E-state index in [1.807, 2.05) is 30.3 Å². The second-order valence-electron chi connectivity index (χ2n) is 6.95. The fourth-order valence-corrected chi connectivity index (χ4v) is 3.11. The molecule has 1 saturated heterocycles. The van der Waals surface area contributed by atoms with Crippen molar-refractivity contribution in [3.63, 3.8) is 0 Å². The number of methoxy groups -OCH3 is 1. The molecular weight excluding hydrogens is 396 g/mol. The van der Waals surface area contributed by atoms with E-state index in [2.05, 4.69) is 0 Å². The Kier molecular flexibility index (Phi) is 9.38. The minimum absolute atomic E-state index is 0.0169. The lowest BCUT2D eigenvalue weighted by atomic mass is 9.98. The van der Waals surface area contributed by atoms with E-state index in [-0.39, 0.29) is 25.2 Å². The van der Waals surface area contributed by atoms with Crippen LogP contribution in [-0.2, 0) is 44.7 Å². The van der Waals surface area contributed by atoms with Gasteiger partial charge in [0, 0.05) is 20.5 Å². The van der Waals surface area contributed by atoms with Gasteiger partial charge >= 0.3 is 11.9 Å². The maximum atomic E-state index is 12.2. The second kappa shape index (κ2) is 11.8. The number of carbonyl (C=O) groups is 3. The smallest absolute Gasteiger partial charge is 0.306 e. The third-order valence-corrected chi connectivity index (χ3v) is 4.54. The topological polar surface area (TPSA) is 118 Å². The molecule has 0 spiro atoms. The van der Waals surface area contributed by atoms with Gasteiger partial charge < -0.3 is 33.6 Å². The number of hydrogen-bond donors (Lipinski definition) is 1. The summed E-state index contributed by atoms with van der Waals surface area (Å²) in [6.45, 7) is 2.24. The Morgan fingerprint density at radius 2 is 1.70 bits per heavy atom. The van der Waals surface area contributed by atoms with Crippen LogP contribution in [0.25, 0.3) is 0 Å². The summed E-state index contributed by atoms with van der Waals surface area (Å²) in [5, 5.41) is 9.74. The van der Waals surface area contributed by atoms with Crippen LogP contribution < -0.4 is 0 Å². The summed E-state index contributed by atoms with van der Waals surface area (Å²) in [5.41, 5.74) is 0.869. The van der Waals surface area contributed by atoms with Gasteiger partial charge in [-0.15, -0.1) is 0 Å². The zero-order valence-electron chi connectivity index (χ0n) is 17.3. The fraction of sp³-hybridized carbons (Fsp3) is 0.571. The summed E-state index contributed by atoms with van der Waals surface area (Å²) in [7, 11) is 1.39. The molecule has 9 heteroatoms. The van der Waals surface area contributed by atoms with E-state index >= 15 is 0 Å². The van der Waals surface area contributed by atoms with Crippen LogP contribution in [0.3, 0.4) is 0 Å². The molecule has 1 aliphatic rings. The number of hydrogen-bond acceptors (Lipinski definition) is 9. The Balaban J connectivity index is 2.23. The van der Waals surface area contributed by atoms with Crippen LogP contribution in [0.1, 0.15) is 32.3 Å². The lowest BCUT2D eigenvalue weighted by Crippen LogP contribution is -2.62. The maximum Gasteiger partial charge on any atom is 0.306 e. The van der Waals surface area contributed by atoms with Gasteiger partial charge in [0.05, 0.1) is 19.6 Å². The average molecular weight is 424 g/mol. The van der Waals surface area contributed by atoms with E-state index in [1.165, 1.54) is 21.0 Å². The number of Topliss-reactive ketones (excluding diaryl/α,β-unsaturated/α-hetero) is 1.